The van der Waals surface area contributed by atoms with Crippen LogP contribution in [-0.2, 0) is 4.79 Å². The lowest BCUT2D eigenvalue weighted by Crippen LogP contribution is -2.46. The molecule has 2 N–H and O–H groups in total. The smallest absolute Gasteiger partial charge is 0.270 e. The van der Waals surface area contributed by atoms with E-state index < -0.39 is 0 Å². The summed E-state index contributed by atoms with van der Waals surface area (Å²) < 4.78 is 0.644. The summed E-state index contributed by atoms with van der Waals surface area (Å²) in [5.74, 6) is 0.661. The standard InChI is InChI=1S/C23H26N4O2S/c28-21(24-17-10-4-5-11-17)16-9-6-12-27(13-16)23-25-19-18(15-7-2-1-3-8-15)14-30-20(19)22(29)26-23/h1-3,7-8,14,16-17H,4-6,9-13H2,(H,24,28)(H,25,26,29)/t16-/m0/s1. The van der Waals surface area contributed by atoms with E-state index in [4.69, 9.17) is 4.98 Å². The van der Waals surface area contributed by atoms with Gasteiger partial charge in [-0.1, -0.05) is 43.2 Å². The number of piperidine rings is 1. The Kier molecular flexibility index (Phi) is 5.29. The molecule has 0 spiro atoms. The predicted octanol–water partition coefficient (Wildman–Crippen LogP) is 3.93. The number of hydrogen-bond acceptors (Lipinski definition) is 5. The molecule has 1 saturated heterocycles. The second-order valence-electron chi connectivity index (χ2n) is 8.36. The minimum absolute atomic E-state index is 0.0589. The van der Waals surface area contributed by atoms with Crippen molar-refractivity contribution in [2.24, 2.45) is 5.92 Å². The highest BCUT2D eigenvalue weighted by molar-refractivity contribution is 7.17. The van der Waals surface area contributed by atoms with E-state index in [-0.39, 0.29) is 17.4 Å². The molecule has 1 saturated carbocycles. The van der Waals surface area contributed by atoms with Crippen LogP contribution < -0.4 is 15.8 Å². The second-order valence-corrected chi connectivity index (χ2v) is 9.24. The van der Waals surface area contributed by atoms with Crippen LogP contribution in [-0.4, -0.2) is 35.0 Å². The Bertz CT molecular complexity index is 1100. The number of rotatable bonds is 4. The molecule has 2 fully saturated rings. The maximum atomic E-state index is 12.8. The molecule has 2 aliphatic rings. The number of thiophene rings is 1. The molecule has 1 aliphatic carbocycles. The molecule has 156 valence electrons. The number of nitrogens with zero attached hydrogens (tertiary/aromatic N) is 2. The third kappa shape index (κ3) is 3.74. The highest BCUT2D eigenvalue weighted by atomic mass is 32.1. The number of anilines is 1. The number of nitrogens with one attached hydrogen (secondary N) is 2. The number of H-pyrrole nitrogens is 1. The van der Waals surface area contributed by atoms with E-state index >= 15 is 0 Å². The van der Waals surface area contributed by atoms with Gasteiger partial charge in [-0.3, -0.25) is 14.6 Å². The zero-order valence-corrected chi connectivity index (χ0v) is 17.7. The van der Waals surface area contributed by atoms with Gasteiger partial charge in [0, 0.05) is 30.1 Å². The van der Waals surface area contributed by atoms with E-state index in [0.717, 1.165) is 48.9 Å². The number of amides is 1. The summed E-state index contributed by atoms with van der Waals surface area (Å²) >= 11 is 1.43. The zero-order chi connectivity index (χ0) is 20.5. The third-order valence-corrected chi connectivity index (χ3v) is 7.26. The molecular weight excluding hydrogens is 396 g/mol. The summed E-state index contributed by atoms with van der Waals surface area (Å²) in [7, 11) is 0. The third-order valence-electron chi connectivity index (χ3n) is 6.29. The Balaban J connectivity index is 1.41. The van der Waals surface area contributed by atoms with Crippen LogP contribution in [0.5, 0.6) is 0 Å². The minimum atomic E-state index is -0.111. The van der Waals surface area contributed by atoms with Gasteiger partial charge in [-0.15, -0.1) is 11.3 Å². The van der Waals surface area contributed by atoms with E-state index in [1.807, 2.05) is 35.7 Å². The first kappa shape index (κ1) is 19.3. The van der Waals surface area contributed by atoms with Crippen molar-refractivity contribution in [3.63, 3.8) is 0 Å². The van der Waals surface area contributed by atoms with Crippen molar-refractivity contribution in [2.75, 3.05) is 18.0 Å². The molecule has 1 amide bonds. The lowest BCUT2D eigenvalue weighted by molar-refractivity contribution is -0.125. The van der Waals surface area contributed by atoms with Gasteiger partial charge in [0.15, 0.2) is 0 Å². The number of aromatic amines is 1. The fourth-order valence-electron chi connectivity index (χ4n) is 4.66. The summed E-state index contributed by atoms with van der Waals surface area (Å²) in [5.41, 5.74) is 2.66. The number of benzene rings is 1. The van der Waals surface area contributed by atoms with Crippen LogP contribution in [0, 0.1) is 5.92 Å². The van der Waals surface area contributed by atoms with Gasteiger partial charge in [0.05, 0.1) is 11.4 Å². The van der Waals surface area contributed by atoms with E-state index in [1.54, 1.807) is 0 Å². The molecule has 1 aliphatic heterocycles. The van der Waals surface area contributed by atoms with Crippen LogP contribution in [0.3, 0.4) is 0 Å². The Labute approximate surface area is 179 Å². The SMILES string of the molecule is O=C(NC1CCCC1)[C@H]1CCCN(c2nc3c(-c4ccccc4)csc3c(=O)[nH]2)C1. The van der Waals surface area contributed by atoms with Crippen LogP contribution in [0.2, 0.25) is 0 Å². The van der Waals surface area contributed by atoms with Crippen molar-refractivity contribution < 1.29 is 4.79 Å². The van der Waals surface area contributed by atoms with Crippen LogP contribution in [0.4, 0.5) is 5.95 Å². The molecule has 3 aromatic rings. The van der Waals surface area contributed by atoms with Gasteiger partial charge in [-0.2, -0.15) is 0 Å². The Morgan fingerprint density at radius 2 is 1.93 bits per heavy atom. The molecule has 7 heteroatoms. The van der Waals surface area contributed by atoms with Crippen LogP contribution in [0.15, 0.2) is 40.5 Å². The quantitative estimate of drug-likeness (QED) is 0.668. The molecule has 0 radical (unpaired) electrons. The Hall–Kier alpha value is -2.67. The van der Waals surface area contributed by atoms with Crippen molar-refractivity contribution >= 4 is 33.4 Å². The highest BCUT2D eigenvalue weighted by Gasteiger charge is 2.29. The second kappa shape index (κ2) is 8.22. The van der Waals surface area contributed by atoms with Gasteiger partial charge >= 0.3 is 0 Å². The lowest BCUT2D eigenvalue weighted by atomic mass is 9.97. The molecule has 0 unspecified atom stereocenters. The van der Waals surface area contributed by atoms with Crippen LogP contribution in [0.25, 0.3) is 21.3 Å². The van der Waals surface area contributed by atoms with Gasteiger partial charge in [0.25, 0.3) is 5.56 Å². The van der Waals surface area contributed by atoms with Gasteiger partial charge in [0.2, 0.25) is 11.9 Å². The van der Waals surface area contributed by atoms with Gasteiger partial charge < -0.3 is 10.2 Å². The van der Waals surface area contributed by atoms with E-state index in [0.29, 0.717) is 23.2 Å². The minimum Gasteiger partial charge on any atom is -0.353 e. The van der Waals surface area contributed by atoms with Gasteiger partial charge in [-0.05, 0) is 31.2 Å². The zero-order valence-electron chi connectivity index (χ0n) is 16.9. The number of carbonyl (C=O) groups is 1. The van der Waals surface area contributed by atoms with Crippen molar-refractivity contribution in [3.8, 4) is 11.1 Å². The number of fused-ring (bicyclic) bond motifs is 1. The maximum Gasteiger partial charge on any atom is 0.270 e. The molecule has 1 atom stereocenters. The summed E-state index contributed by atoms with van der Waals surface area (Å²) in [5, 5.41) is 5.23. The molecule has 6 nitrogen and oxygen atoms in total. The average molecular weight is 423 g/mol. The molecule has 2 aromatic heterocycles. The lowest BCUT2D eigenvalue weighted by Gasteiger charge is -2.33. The summed E-state index contributed by atoms with van der Waals surface area (Å²) in [6.07, 6.45) is 6.39. The summed E-state index contributed by atoms with van der Waals surface area (Å²) in [6, 6.07) is 10.4. The van der Waals surface area contributed by atoms with E-state index in [2.05, 4.69) is 15.2 Å². The molecule has 30 heavy (non-hydrogen) atoms. The highest BCUT2D eigenvalue weighted by Crippen LogP contribution is 2.32. The molecular formula is C23H26N4O2S. The van der Waals surface area contributed by atoms with Gasteiger partial charge in [0.1, 0.15) is 4.70 Å². The number of carbonyl (C=O) groups excluding carboxylic acids is 1. The average Bonchev–Trinajstić information content (AvgIpc) is 3.44. The monoisotopic (exact) mass is 422 g/mol. The first-order valence-corrected chi connectivity index (χ1v) is 11.7. The fourth-order valence-corrected chi connectivity index (χ4v) is 5.57. The largest absolute Gasteiger partial charge is 0.353 e. The number of aromatic nitrogens is 2. The van der Waals surface area contributed by atoms with Crippen LogP contribution >= 0.6 is 11.3 Å². The number of hydrogen-bond donors (Lipinski definition) is 2. The molecule has 5 rings (SSSR count). The first-order chi connectivity index (χ1) is 14.7. The fraction of sp³-hybridized carbons (Fsp3) is 0.435. The summed E-state index contributed by atoms with van der Waals surface area (Å²) in [4.78, 5) is 35.4. The van der Waals surface area contributed by atoms with Gasteiger partial charge in [-0.25, -0.2) is 4.98 Å². The molecule has 0 bridgehead atoms. The molecule has 3 heterocycles. The Morgan fingerprint density at radius 1 is 1.13 bits per heavy atom. The van der Waals surface area contributed by atoms with Crippen LogP contribution in [0.1, 0.15) is 38.5 Å². The topological polar surface area (TPSA) is 78.1 Å². The van der Waals surface area contributed by atoms with Crippen molar-refractivity contribution in [1.29, 1.82) is 0 Å². The van der Waals surface area contributed by atoms with Crippen molar-refractivity contribution in [2.45, 2.75) is 44.6 Å². The molecule has 1 aromatic carbocycles. The predicted molar refractivity (Wildman–Crippen MR) is 121 cm³/mol. The van der Waals surface area contributed by atoms with Crippen molar-refractivity contribution in [3.05, 3.63) is 46.1 Å². The first-order valence-electron chi connectivity index (χ1n) is 10.8. The maximum absolute atomic E-state index is 12.8. The summed E-state index contributed by atoms with van der Waals surface area (Å²) in [6.45, 7) is 1.39. The van der Waals surface area contributed by atoms with E-state index in [1.165, 1.54) is 24.2 Å². The van der Waals surface area contributed by atoms with Crippen molar-refractivity contribution in [1.82, 2.24) is 15.3 Å². The Morgan fingerprint density at radius 3 is 2.73 bits per heavy atom. The normalized spacial score (nSPS) is 20.0. The van der Waals surface area contributed by atoms with E-state index in [9.17, 15) is 9.59 Å².